The van der Waals surface area contributed by atoms with Gasteiger partial charge >= 0.3 is 0 Å². The number of fused-ring (bicyclic) bond motifs is 1. The van der Waals surface area contributed by atoms with Gasteiger partial charge in [-0.05, 0) is 17.7 Å². The maximum absolute atomic E-state index is 13.6. The maximum atomic E-state index is 13.6. The van der Waals surface area contributed by atoms with E-state index in [1.165, 1.54) is 26.6 Å². The Kier molecular flexibility index (Phi) is 5.20. The molecule has 0 spiro atoms. The van der Waals surface area contributed by atoms with Crippen molar-refractivity contribution in [3.05, 3.63) is 70.0 Å². The predicted molar refractivity (Wildman–Crippen MR) is 107 cm³/mol. The van der Waals surface area contributed by atoms with Crippen LogP contribution in [0, 0.1) is 11.6 Å². The molecule has 158 valence electrons. The number of nitrogens with zero attached hydrogens (tertiary/aromatic N) is 3. The van der Waals surface area contributed by atoms with Gasteiger partial charge in [-0.1, -0.05) is 0 Å². The molecule has 0 radical (unpaired) electrons. The van der Waals surface area contributed by atoms with Crippen LogP contribution in [0.15, 0.2) is 41.5 Å². The van der Waals surface area contributed by atoms with E-state index in [9.17, 15) is 18.7 Å². The summed E-state index contributed by atoms with van der Waals surface area (Å²) in [4.78, 5) is 27.7. The number of nitrogens with one attached hydrogen (secondary N) is 1. The minimum Gasteiger partial charge on any atom is -0.504 e. The molecule has 0 aliphatic heterocycles. The lowest BCUT2D eigenvalue weighted by Crippen LogP contribution is -2.13. The molecule has 8 nitrogen and oxygen atoms in total. The van der Waals surface area contributed by atoms with Gasteiger partial charge < -0.3 is 19.6 Å². The summed E-state index contributed by atoms with van der Waals surface area (Å²) in [6.45, 7) is 0. The Morgan fingerprint density at radius 3 is 2.39 bits per heavy atom. The van der Waals surface area contributed by atoms with E-state index < -0.39 is 17.4 Å². The first-order valence-corrected chi connectivity index (χ1v) is 9.04. The zero-order chi connectivity index (χ0) is 22.1. The molecule has 0 amide bonds. The van der Waals surface area contributed by atoms with Crippen LogP contribution in [0.3, 0.4) is 0 Å². The lowest BCUT2D eigenvalue weighted by Gasteiger charge is -2.09. The quantitative estimate of drug-likeness (QED) is 0.505. The summed E-state index contributed by atoms with van der Waals surface area (Å²) in [6, 6.07) is 4.66. The number of aromatic nitrogens is 4. The van der Waals surface area contributed by atoms with Crippen LogP contribution in [0.1, 0.15) is 11.4 Å². The first-order chi connectivity index (χ1) is 14.9. The second-order valence-corrected chi connectivity index (χ2v) is 6.61. The lowest BCUT2D eigenvalue weighted by molar-refractivity contribution is 0.355. The summed E-state index contributed by atoms with van der Waals surface area (Å²) in [5, 5.41) is 10.1. The topological polar surface area (TPSA) is 110 Å². The van der Waals surface area contributed by atoms with Crippen molar-refractivity contribution in [3.8, 4) is 28.6 Å². The standard InChI is InChI=1S/C21H16F2N4O4/c1-30-16-6-12-15(7-17(16)31-2)26-18(27-21(12)29)3-10-8-24-20(25-9-10)13-4-11(22)5-14(23)19(13)28/h4-9,28H,3H2,1-2H3,(H,26,27,29). The second-order valence-electron chi connectivity index (χ2n) is 6.61. The molecule has 0 bridgehead atoms. The molecule has 0 aliphatic carbocycles. The molecule has 0 aliphatic rings. The van der Waals surface area contributed by atoms with E-state index in [-0.39, 0.29) is 23.4 Å². The Bertz CT molecular complexity index is 1340. The van der Waals surface area contributed by atoms with Gasteiger partial charge in [-0.15, -0.1) is 0 Å². The average molecular weight is 426 g/mol. The third-order valence-electron chi connectivity index (χ3n) is 4.61. The molecule has 0 unspecified atom stereocenters. The summed E-state index contributed by atoms with van der Waals surface area (Å²) in [7, 11) is 2.96. The van der Waals surface area contributed by atoms with Gasteiger partial charge in [0.15, 0.2) is 28.9 Å². The van der Waals surface area contributed by atoms with Crippen molar-refractivity contribution in [2.45, 2.75) is 6.42 Å². The fourth-order valence-electron chi connectivity index (χ4n) is 3.11. The van der Waals surface area contributed by atoms with Crippen LogP contribution >= 0.6 is 0 Å². The zero-order valence-electron chi connectivity index (χ0n) is 16.4. The number of aromatic hydroxyl groups is 1. The van der Waals surface area contributed by atoms with E-state index >= 15 is 0 Å². The molecule has 0 fully saturated rings. The van der Waals surface area contributed by atoms with Crippen molar-refractivity contribution in [2.24, 2.45) is 0 Å². The highest BCUT2D eigenvalue weighted by Crippen LogP contribution is 2.31. The van der Waals surface area contributed by atoms with E-state index in [4.69, 9.17) is 9.47 Å². The van der Waals surface area contributed by atoms with Crippen LogP contribution in [0.4, 0.5) is 8.78 Å². The maximum Gasteiger partial charge on any atom is 0.258 e. The fourth-order valence-corrected chi connectivity index (χ4v) is 3.11. The van der Waals surface area contributed by atoms with E-state index in [0.717, 1.165) is 6.07 Å². The molecular weight excluding hydrogens is 410 g/mol. The van der Waals surface area contributed by atoms with Gasteiger partial charge in [0.05, 0.1) is 30.7 Å². The largest absolute Gasteiger partial charge is 0.504 e. The van der Waals surface area contributed by atoms with Crippen LogP contribution < -0.4 is 15.0 Å². The Hall–Kier alpha value is -4.08. The molecule has 2 heterocycles. The highest BCUT2D eigenvalue weighted by atomic mass is 19.1. The number of H-pyrrole nitrogens is 1. The average Bonchev–Trinajstić information content (AvgIpc) is 2.76. The number of ether oxygens (including phenoxy) is 2. The van der Waals surface area contributed by atoms with Gasteiger partial charge in [0.25, 0.3) is 5.56 Å². The molecule has 2 aromatic heterocycles. The summed E-state index contributed by atoms with van der Waals surface area (Å²) in [5.41, 5.74) is 0.498. The number of rotatable bonds is 5. The lowest BCUT2D eigenvalue weighted by atomic mass is 10.1. The Labute approximate surface area is 174 Å². The predicted octanol–water partition coefficient (Wildman–Crippen LogP) is 2.97. The number of hydrogen-bond acceptors (Lipinski definition) is 7. The number of aromatic amines is 1. The summed E-state index contributed by atoms with van der Waals surface area (Å²) >= 11 is 0. The van der Waals surface area contributed by atoms with Crippen LogP contribution in [0.25, 0.3) is 22.3 Å². The minimum absolute atomic E-state index is 0.0450. The van der Waals surface area contributed by atoms with Gasteiger partial charge in [-0.2, -0.15) is 0 Å². The SMILES string of the molecule is COc1cc2nc(Cc3cnc(-c4cc(F)cc(F)c4O)nc3)[nH]c(=O)c2cc1OC. The molecule has 2 aromatic carbocycles. The number of phenolic OH excluding ortho intramolecular Hbond substituents is 1. The molecule has 0 saturated heterocycles. The number of hydrogen-bond donors (Lipinski definition) is 2. The van der Waals surface area contributed by atoms with Crippen LogP contribution in [-0.4, -0.2) is 39.3 Å². The van der Waals surface area contributed by atoms with E-state index in [2.05, 4.69) is 19.9 Å². The first kappa shape index (κ1) is 20.2. The summed E-state index contributed by atoms with van der Waals surface area (Å²) in [6.07, 6.45) is 3.04. The smallest absolute Gasteiger partial charge is 0.258 e. The monoisotopic (exact) mass is 426 g/mol. The van der Waals surface area contributed by atoms with Crippen molar-refractivity contribution in [1.82, 2.24) is 19.9 Å². The normalized spacial score (nSPS) is 11.0. The first-order valence-electron chi connectivity index (χ1n) is 9.04. The molecule has 10 heteroatoms. The number of benzene rings is 2. The summed E-state index contributed by atoms with van der Waals surface area (Å²) < 4.78 is 37.5. The van der Waals surface area contributed by atoms with Crippen molar-refractivity contribution >= 4 is 10.9 Å². The Morgan fingerprint density at radius 1 is 1.03 bits per heavy atom. The number of methoxy groups -OCH3 is 2. The van der Waals surface area contributed by atoms with Gasteiger partial charge in [-0.25, -0.2) is 23.7 Å². The fraction of sp³-hybridized carbons (Fsp3) is 0.143. The van der Waals surface area contributed by atoms with Crippen molar-refractivity contribution in [2.75, 3.05) is 14.2 Å². The van der Waals surface area contributed by atoms with E-state index in [1.807, 2.05) is 0 Å². The van der Waals surface area contributed by atoms with Crippen LogP contribution in [-0.2, 0) is 6.42 Å². The molecular formula is C21H16F2N4O4. The number of halogens is 2. The molecule has 2 N–H and O–H groups in total. The third-order valence-corrected chi connectivity index (χ3v) is 4.61. The zero-order valence-corrected chi connectivity index (χ0v) is 16.4. The molecule has 0 atom stereocenters. The highest BCUT2D eigenvalue weighted by molar-refractivity contribution is 5.81. The Morgan fingerprint density at radius 2 is 1.71 bits per heavy atom. The van der Waals surface area contributed by atoms with Gasteiger partial charge in [-0.3, -0.25) is 4.79 Å². The van der Waals surface area contributed by atoms with Gasteiger partial charge in [0, 0.05) is 30.9 Å². The van der Waals surface area contributed by atoms with Crippen molar-refractivity contribution in [1.29, 1.82) is 0 Å². The van der Waals surface area contributed by atoms with Gasteiger partial charge in [0.2, 0.25) is 0 Å². The minimum atomic E-state index is -1.10. The molecule has 4 aromatic rings. The molecule has 31 heavy (non-hydrogen) atoms. The molecule has 4 rings (SSSR count). The summed E-state index contributed by atoms with van der Waals surface area (Å²) in [5.74, 6) is -1.53. The molecule has 0 saturated carbocycles. The highest BCUT2D eigenvalue weighted by Gasteiger charge is 2.15. The van der Waals surface area contributed by atoms with E-state index in [1.54, 1.807) is 12.1 Å². The van der Waals surface area contributed by atoms with Crippen LogP contribution in [0.5, 0.6) is 17.2 Å². The van der Waals surface area contributed by atoms with Crippen LogP contribution in [0.2, 0.25) is 0 Å². The third kappa shape index (κ3) is 3.87. The second kappa shape index (κ2) is 7.98. The van der Waals surface area contributed by atoms with Crippen molar-refractivity contribution in [3.63, 3.8) is 0 Å². The van der Waals surface area contributed by atoms with Gasteiger partial charge in [0.1, 0.15) is 11.6 Å². The van der Waals surface area contributed by atoms with E-state index in [0.29, 0.717) is 39.9 Å². The Balaban J connectivity index is 1.66. The van der Waals surface area contributed by atoms with Crippen molar-refractivity contribution < 1.29 is 23.4 Å². The number of phenols is 1.